The lowest BCUT2D eigenvalue weighted by Gasteiger charge is -2.22. The number of rotatable bonds is 5. The van der Waals surface area contributed by atoms with Gasteiger partial charge in [0.2, 0.25) is 5.91 Å². The van der Waals surface area contributed by atoms with Crippen molar-refractivity contribution in [3.8, 4) is 0 Å². The van der Waals surface area contributed by atoms with Gasteiger partial charge >= 0.3 is 12.1 Å². The summed E-state index contributed by atoms with van der Waals surface area (Å²) in [5, 5.41) is 17.9. The third-order valence-corrected chi connectivity index (χ3v) is 5.12. The Bertz CT molecular complexity index is 1130. The highest BCUT2D eigenvalue weighted by Crippen LogP contribution is 2.29. The molecule has 0 spiro atoms. The summed E-state index contributed by atoms with van der Waals surface area (Å²) in [7, 11) is 0. The van der Waals surface area contributed by atoms with Crippen molar-refractivity contribution in [1.82, 2.24) is 15.5 Å². The van der Waals surface area contributed by atoms with Gasteiger partial charge in [0.1, 0.15) is 12.1 Å². The van der Waals surface area contributed by atoms with Gasteiger partial charge in [0.25, 0.3) is 11.6 Å². The lowest BCUT2D eigenvalue weighted by atomic mass is 9.92. The minimum Gasteiger partial charge on any atom is -0.319 e. The first kappa shape index (κ1) is 22.4. The number of amides is 6. The molecule has 2 aromatic carbocycles. The van der Waals surface area contributed by atoms with Crippen LogP contribution in [0.2, 0.25) is 0 Å². The Balaban J connectivity index is 1.66. The molecule has 1 saturated heterocycles. The molecule has 32 heavy (non-hydrogen) atoms. The molecule has 6 amide bonds. The van der Waals surface area contributed by atoms with Crippen LogP contribution in [0.3, 0.4) is 0 Å². The van der Waals surface area contributed by atoms with E-state index in [9.17, 15) is 29.3 Å². The number of nitro benzene ring substituents is 1. The van der Waals surface area contributed by atoms with Crippen molar-refractivity contribution in [3.63, 3.8) is 0 Å². The number of hydrogen-bond acceptors (Lipinski definition) is 6. The highest BCUT2D eigenvalue weighted by atomic mass is 16.6. The van der Waals surface area contributed by atoms with Crippen molar-refractivity contribution in [3.05, 3.63) is 69.3 Å². The summed E-state index contributed by atoms with van der Waals surface area (Å²) in [5.74, 6) is -1.58. The number of urea groups is 2. The van der Waals surface area contributed by atoms with Crippen LogP contribution in [0, 0.1) is 24.0 Å². The first-order chi connectivity index (χ1) is 15.0. The maximum atomic E-state index is 12.9. The van der Waals surface area contributed by atoms with Crippen LogP contribution in [0.5, 0.6) is 0 Å². The minimum atomic E-state index is -1.51. The minimum absolute atomic E-state index is 0.166. The molecule has 0 radical (unpaired) electrons. The van der Waals surface area contributed by atoms with Gasteiger partial charge in [-0.2, -0.15) is 0 Å². The number of benzene rings is 2. The van der Waals surface area contributed by atoms with Gasteiger partial charge in [0, 0.05) is 17.8 Å². The largest absolute Gasteiger partial charge is 0.325 e. The molecular weight excluding hydrogens is 418 g/mol. The maximum Gasteiger partial charge on any atom is 0.325 e. The molecule has 0 bridgehead atoms. The number of nitrogens with zero attached hydrogens (tertiary/aromatic N) is 2. The van der Waals surface area contributed by atoms with Crippen LogP contribution < -0.4 is 16.0 Å². The summed E-state index contributed by atoms with van der Waals surface area (Å²) < 4.78 is 0. The number of aryl methyl sites for hydroxylation is 2. The van der Waals surface area contributed by atoms with Gasteiger partial charge in [0.15, 0.2) is 0 Å². The van der Waals surface area contributed by atoms with Crippen molar-refractivity contribution >= 4 is 35.3 Å². The van der Waals surface area contributed by atoms with E-state index in [2.05, 4.69) is 16.0 Å². The van der Waals surface area contributed by atoms with E-state index >= 15 is 0 Å². The zero-order valence-electron chi connectivity index (χ0n) is 17.6. The second kappa shape index (κ2) is 8.46. The molecule has 166 valence electrons. The average molecular weight is 439 g/mol. The zero-order valence-corrected chi connectivity index (χ0v) is 17.6. The Morgan fingerprint density at radius 1 is 1.12 bits per heavy atom. The summed E-state index contributed by atoms with van der Waals surface area (Å²) >= 11 is 0. The van der Waals surface area contributed by atoms with E-state index in [1.807, 2.05) is 13.0 Å². The molecular formula is C21H21N5O6. The number of nitro groups is 1. The number of non-ortho nitro benzene ring substituents is 1. The fourth-order valence-electron chi connectivity index (χ4n) is 3.37. The van der Waals surface area contributed by atoms with Crippen LogP contribution in [0.1, 0.15) is 23.6 Å². The van der Waals surface area contributed by atoms with Crippen molar-refractivity contribution < 1.29 is 24.1 Å². The zero-order chi connectivity index (χ0) is 23.6. The molecule has 3 rings (SSSR count). The molecule has 11 heteroatoms. The maximum absolute atomic E-state index is 12.9. The summed E-state index contributed by atoms with van der Waals surface area (Å²) in [4.78, 5) is 60.5. The SMILES string of the molecule is Cc1ccc(NC(=O)NC(=O)CN2C(=O)NC(C)(c3ccc([N+](=O)[O-])cc3)C2=O)c(C)c1. The quantitative estimate of drug-likeness (QED) is 0.370. The second-order valence-electron chi connectivity index (χ2n) is 7.57. The molecule has 0 aliphatic carbocycles. The molecule has 1 heterocycles. The molecule has 1 aliphatic rings. The molecule has 0 aromatic heterocycles. The standard InChI is InChI=1S/C21H21N5O6/c1-12-4-9-16(13(2)10-12)22-19(29)23-17(27)11-25-18(28)21(3,24-20(25)30)14-5-7-15(8-6-14)26(31)32/h4-10H,11H2,1-3H3,(H,24,30)(H2,22,23,27,29). The molecule has 1 aliphatic heterocycles. The first-order valence-corrected chi connectivity index (χ1v) is 9.58. The Kier molecular flexibility index (Phi) is 5.92. The van der Waals surface area contributed by atoms with Crippen molar-refractivity contribution in [2.24, 2.45) is 0 Å². The van der Waals surface area contributed by atoms with Crippen molar-refractivity contribution in [2.75, 3.05) is 11.9 Å². The summed E-state index contributed by atoms with van der Waals surface area (Å²) in [6.45, 7) is 4.46. The fraction of sp³-hybridized carbons (Fsp3) is 0.238. The molecule has 1 unspecified atom stereocenters. The first-order valence-electron chi connectivity index (χ1n) is 9.58. The normalized spacial score (nSPS) is 17.7. The summed E-state index contributed by atoms with van der Waals surface area (Å²) in [5.41, 5.74) is 0.979. The third-order valence-electron chi connectivity index (χ3n) is 5.12. The van der Waals surface area contributed by atoms with Gasteiger partial charge in [-0.3, -0.25) is 29.9 Å². The monoisotopic (exact) mass is 439 g/mol. The molecule has 3 N–H and O–H groups in total. The number of nitrogens with one attached hydrogen (secondary N) is 3. The number of anilines is 1. The third kappa shape index (κ3) is 4.41. The molecule has 0 saturated carbocycles. The summed E-state index contributed by atoms with van der Waals surface area (Å²) in [6, 6.07) is 8.89. The predicted octanol–water partition coefficient (Wildman–Crippen LogP) is 2.33. The molecule has 1 atom stereocenters. The van der Waals surface area contributed by atoms with E-state index in [-0.39, 0.29) is 5.69 Å². The van der Waals surface area contributed by atoms with E-state index in [4.69, 9.17) is 0 Å². The van der Waals surface area contributed by atoms with Gasteiger partial charge in [0.05, 0.1) is 4.92 Å². The lowest BCUT2D eigenvalue weighted by Crippen LogP contribution is -2.45. The Labute approximate surface area is 182 Å². The van der Waals surface area contributed by atoms with Gasteiger partial charge in [-0.1, -0.05) is 17.7 Å². The summed E-state index contributed by atoms with van der Waals surface area (Å²) in [6.07, 6.45) is 0. The molecule has 1 fully saturated rings. The van der Waals surface area contributed by atoms with Crippen LogP contribution in [-0.4, -0.2) is 40.2 Å². The van der Waals surface area contributed by atoms with Crippen molar-refractivity contribution in [2.45, 2.75) is 26.3 Å². The van der Waals surface area contributed by atoms with Crippen LogP contribution in [-0.2, 0) is 15.1 Å². The van der Waals surface area contributed by atoms with E-state index < -0.39 is 40.9 Å². The van der Waals surface area contributed by atoms with Gasteiger partial charge in [-0.25, -0.2) is 9.59 Å². The van der Waals surface area contributed by atoms with E-state index in [1.54, 1.807) is 19.1 Å². The predicted molar refractivity (Wildman–Crippen MR) is 114 cm³/mol. The van der Waals surface area contributed by atoms with Gasteiger partial charge in [-0.05, 0) is 50.1 Å². The highest BCUT2D eigenvalue weighted by Gasteiger charge is 2.49. The Morgan fingerprint density at radius 2 is 1.78 bits per heavy atom. The van der Waals surface area contributed by atoms with E-state index in [0.717, 1.165) is 11.1 Å². The van der Waals surface area contributed by atoms with Gasteiger partial charge in [-0.15, -0.1) is 0 Å². The molecule has 11 nitrogen and oxygen atoms in total. The number of hydrogen-bond donors (Lipinski definition) is 3. The molecule has 2 aromatic rings. The second-order valence-corrected chi connectivity index (χ2v) is 7.57. The van der Waals surface area contributed by atoms with Crippen LogP contribution in [0.15, 0.2) is 42.5 Å². The van der Waals surface area contributed by atoms with E-state index in [0.29, 0.717) is 16.2 Å². The fourth-order valence-corrected chi connectivity index (χ4v) is 3.37. The van der Waals surface area contributed by atoms with Gasteiger partial charge < -0.3 is 10.6 Å². The van der Waals surface area contributed by atoms with Crippen molar-refractivity contribution in [1.29, 1.82) is 0 Å². The van der Waals surface area contributed by atoms with Crippen LogP contribution in [0.4, 0.5) is 21.0 Å². The Morgan fingerprint density at radius 3 is 2.38 bits per heavy atom. The Hall–Kier alpha value is -4.28. The smallest absolute Gasteiger partial charge is 0.319 e. The average Bonchev–Trinajstić information content (AvgIpc) is 2.94. The number of imide groups is 2. The topological polar surface area (TPSA) is 151 Å². The number of carbonyl (C=O) groups is 4. The highest BCUT2D eigenvalue weighted by molar-refractivity contribution is 6.10. The van der Waals surface area contributed by atoms with E-state index in [1.165, 1.54) is 31.2 Å². The van der Waals surface area contributed by atoms with Crippen LogP contribution >= 0.6 is 0 Å². The van der Waals surface area contributed by atoms with Crippen LogP contribution in [0.25, 0.3) is 0 Å². The number of carbonyl (C=O) groups excluding carboxylic acids is 4. The lowest BCUT2D eigenvalue weighted by molar-refractivity contribution is -0.384.